The normalized spacial score (nSPS) is 22.7. The van der Waals surface area contributed by atoms with Gasteiger partial charge in [0.25, 0.3) is 0 Å². The number of nitrogens with zero attached hydrogens (tertiary/aromatic N) is 3. The Hall–Kier alpha value is -0.730. The minimum atomic E-state index is 0.130. The Morgan fingerprint density at radius 1 is 1.13 bits per heavy atom. The zero-order valence-electron chi connectivity index (χ0n) is 11.2. The molecule has 0 spiro atoms. The third-order valence-electron chi connectivity index (χ3n) is 2.74. The fourth-order valence-electron chi connectivity index (χ4n) is 2.05. The van der Waals surface area contributed by atoms with E-state index in [-0.39, 0.29) is 11.0 Å². The molecule has 88 valence electrons. The molecule has 1 unspecified atom stereocenters. The van der Waals surface area contributed by atoms with Crippen LogP contribution in [0.25, 0.3) is 0 Å². The first-order valence-corrected chi connectivity index (χ1v) is 5.77. The first kappa shape index (κ1) is 12.3. The van der Waals surface area contributed by atoms with Crippen molar-refractivity contribution in [3.8, 4) is 0 Å². The largest absolute Gasteiger partial charge is 0.334 e. The van der Waals surface area contributed by atoms with Gasteiger partial charge in [0, 0.05) is 17.5 Å². The summed E-state index contributed by atoms with van der Waals surface area (Å²) >= 11 is 0. The van der Waals surface area contributed by atoms with Crippen LogP contribution in [0.3, 0.4) is 0 Å². The molecule has 15 heavy (non-hydrogen) atoms. The van der Waals surface area contributed by atoms with Crippen molar-refractivity contribution in [2.75, 3.05) is 6.54 Å². The van der Waals surface area contributed by atoms with Crippen molar-refractivity contribution >= 4 is 6.34 Å². The third kappa shape index (κ3) is 2.44. The van der Waals surface area contributed by atoms with E-state index in [1.54, 1.807) is 0 Å². The SMILES string of the molecule is CCN1N=CN(C(C)(C)C)C1C(C)(C)C. The van der Waals surface area contributed by atoms with Gasteiger partial charge in [-0.3, -0.25) is 5.01 Å². The van der Waals surface area contributed by atoms with Crippen molar-refractivity contribution in [1.82, 2.24) is 9.91 Å². The molecule has 1 aliphatic rings. The van der Waals surface area contributed by atoms with Crippen LogP contribution < -0.4 is 0 Å². The van der Waals surface area contributed by atoms with Crippen LogP contribution in [0.2, 0.25) is 0 Å². The second kappa shape index (κ2) is 3.69. The van der Waals surface area contributed by atoms with E-state index in [0.717, 1.165) is 6.54 Å². The van der Waals surface area contributed by atoms with Crippen molar-refractivity contribution in [2.24, 2.45) is 10.5 Å². The minimum Gasteiger partial charge on any atom is -0.334 e. The van der Waals surface area contributed by atoms with E-state index in [1.165, 1.54) is 0 Å². The standard InChI is InChI=1S/C12H25N3/c1-8-15-10(11(2,3)4)14(9-13-15)12(5,6)7/h9-10H,8H2,1-7H3. The van der Waals surface area contributed by atoms with Crippen LogP contribution in [0.1, 0.15) is 48.5 Å². The van der Waals surface area contributed by atoms with E-state index in [4.69, 9.17) is 0 Å². The third-order valence-corrected chi connectivity index (χ3v) is 2.74. The van der Waals surface area contributed by atoms with Crippen molar-refractivity contribution in [1.29, 1.82) is 0 Å². The average molecular weight is 211 g/mol. The van der Waals surface area contributed by atoms with Gasteiger partial charge in [0.15, 0.2) is 0 Å². The van der Waals surface area contributed by atoms with Crippen molar-refractivity contribution in [3.63, 3.8) is 0 Å². The quantitative estimate of drug-likeness (QED) is 0.664. The fourth-order valence-corrected chi connectivity index (χ4v) is 2.05. The highest BCUT2D eigenvalue weighted by atomic mass is 15.6. The Bertz CT molecular complexity index is 245. The molecular formula is C12H25N3. The monoisotopic (exact) mass is 211 g/mol. The van der Waals surface area contributed by atoms with Crippen LogP contribution in [0.15, 0.2) is 5.10 Å². The number of rotatable bonds is 1. The summed E-state index contributed by atoms with van der Waals surface area (Å²) in [5.74, 6) is 0. The lowest BCUT2D eigenvalue weighted by molar-refractivity contribution is 0.00165. The van der Waals surface area contributed by atoms with Gasteiger partial charge in [-0.05, 0) is 27.7 Å². The molecule has 0 fully saturated rings. The first-order valence-electron chi connectivity index (χ1n) is 5.77. The molecule has 1 rings (SSSR count). The molecule has 1 atom stereocenters. The van der Waals surface area contributed by atoms with E-state index in [0.29, 0.717) is 6.17 Å². The van der Waals surface area contributed by atoms with Crippen LogP contribution in [0, 0.1) is 5.41 Å². The molecule has 0 aromatic heterocycles. The summed E-state index contributed by atoms with van der Waals surface area (Å²) < 4.78 is 0. The summed E-state index contributed by atoms with van der Waals surface area (Å²) in [7, 11) is 0. The van der Waals surface area contributed by atoms with Crippen molar-refractivity contribution in [3.05, 3.63) is 0 Å². The van der Waals surface area contributed by atoms with Crippen LogP contribution in [0.5, 0.6) is 0 Å². The van der Waals surface area contributed by atoms with Gasteiger partial charge >= 0.3 is 0 Å². The summed E-state index contributed by atoms with van der Waals surface area (Å²) in [6.07, 6.45) is 2.35. The zero-order valence-corrected chi connectivity index (χ0v) is 11.2. The zero-order chi connectivity index (χ0) is 11.9. The summed E-state index contributed by atoms with van der Waals surface area (Å²) in [4.78, 5) is 2.36. The number of hydrogen-bond acceptors (Lipinski definition) is 3. The van der Waals surface area contributed by atoms with Crippen molar-refractivity contribution in [2.45, 2.75) is 60.2 Å². The van der Waals surface area contributed by atoms with E-state index in [9.17, 15) is 0 Å². The Morgan fingerprint density at radius 2 is 1.67 bits per heavy atom. The minimum absolute atomic E-state index is 0.130. The lowest BCUT2D eigenvalue weighted by Crippen LogP contribution is -2.55. The van der Waals surface area contributed by atoms with Gasteiger partial charge in [0.05, 0.1) is 0 Å². The Morgan fingerprint density at radius 3 is 2.00 bits per heavy atom. The maximum absolute atomic E-state index is 4.48. The maximum atomic E-state index is 4.48. The molecule has 1 heterocycles. The van der Waals surface area contributed by atoms with Crippen LogP contribution in [0.4, 0.5) is 0 Å². The van der Waals surface area contributed by atoms with E-state index < -0.39 is 0 Å². The highest BCUT2D eigenvalue weighted by Gasteiger charge is 2.41. The van der Waals surface area contributed by atoms with Crippen LogP contribution in [-0.2, 0) is 0 Å². The molecular weight excluding hydrogens is 186 g/mol. The van der Waals surface area contributed by atoms with E-state index in [1.807, 2.05) is 6.34 Å². The van der Waals surface area contributed by atoms with Gasteiger partial charge in [0.1, 0.15) is 12.5 Å². The smallest absolute Gasteiger partial charge is 0.124 e. The molecule has 0 bridgehead atoms. The number of hydrazone groups is 1. The molecule has 0 radical (unpaired) electrons. The molecule has 0 aromatic carbocycles. The maximum Gasteiger partial charge on any atom is 0.124 e. The first-order chi connectivity index (χ1) is 6.68. The Kier molecular flexibility index (Phi) is 3.04. The number of hydrogen-bond donors (Lipinski definition) is 0. The molecule has 0 aromatic rings. The highest BCUT2D eigenvalue weighted by Crippen LogP contribution is 2.33. The molecule has 3 heteroatoms. The van der Waals surface area contributed by atoms with Gasteiger partial charge in [0.2, 0.25) is 0 Å². The van der Waals surface area contributed by atoms with E-state index >= 15 is 0 Å². The van der Waals surface area contributed by atoms with Crippen LogP contribution >= 0.6 is 0 Å². The van der Waals surface area contributed by atoms with Crippen LogP contribution in [-0.4, -0.2) is 34.5 Å². The fraction of sp³-hybridized carbons (Fsp3) is 0.917. The average Bonchev–Trinajstić information content (AvgIpc) is 2.44. The second-order valence-corrected chi connectivity index (χ2v) is 6.30. The summed E-state index contributed by atoms with van der Waals surface area (Å²) in [6, 6.07) is 0. The lowest BCUT2D eigenvalue weighted by atomic mass is 9.89. The predicted molar refractivity (Wildman–Crippen MR) is 65.7 cm³/mol. The highest BCUT2D eigenvalue weighted by molar-refractivity contribution is 5.58. The molecule has 0 N–H and O–H groups in total. The molecule has 0 amide bonds. The lowest BCUT2D eigenvalue weighted by Gasteiger charge is -2.45. The molecule has 3 nitrogen and oxygen atoms in total. The molecule has 0 aliphatic carbocycles. The van der Waals surface area contributed by atoms with Gasteiger partial charge in [-0.25, -0.2) is 0 Å². The van der Waals surface area contributed by atoms with Gasteiger partial charge < -0.3 is 4.90 Å². The second-order valence-electron chi connectivity index (χ2n) is 6.30. The van der Waals surface area contributed by atoms with Gasteiger partial charge in [-0.15, -0.1) is 0 Å². The molecule has 0 saturated heterocycles. The molecule has 0 saturated carbocycles. The van der Waals surface area contributed by atoms with E-state index in [2.05, 4.69) is 63.5 Å². The summed E-state index contributed by atoms with van der Waals surface area (Å²) in [5.41, 5.74) is 0.338. The Labute approximate surface area is 94.1 Å². The van der Waals surface area contributed by atoms with Gasteiger partial charge in [-0.2, -0.15) is 5.10 Å². The van der Waals surface area contributed by atoms with Crippen molar-refractivity contribution < 1.29 is 0 Å². The summed E-state index contributed by atoms with van der Waals surface area (Å²) in [5, 5.41) is 6.66. The predicted octanol–water partition coefficient (Wildman–Crippen LogP) is 2.74. The van der Waals surface area contributed by atoms with Gasteiger partial charge in [-0.1, -0.05) is 20.8 Å². The Balaban J connectivity index is 2.96. The summed E-state index contributed by atoms with van der Waals surface area (Å²) in [6.45, 7) is 16.6. The topological polar surface area (TPSA) is 18.8 Å². The molecule has 1 aliphatic heterocycles.